The van der Waals surface area contributed by atoms with E-state index in [0.717, 1.165) is 16.7 Å². The summed E-state index contributed by atoms with van der Waals surface area (Å²) in [7, 11) is 0. The zero-order valence-electron chi connectivity index (χ0n) is 22.5. The maximum absolute atomic E-state index is 14.9. The van der Waals surface area contributed by atoms with Crippen molar-refractivity contribution >= 4 is 28.5 Å². The summed E-state index contributed by atoms with van der Waals surface area (Å²) in [4.78, 5) is 46.5. The first-order valence-electron chi connectivity index (χ1n) is 13.4. The molecule has 7 heteroatoms. The molecule has 0 aliphatic carbocycles. The van der Waals surface area contributed by atoms with Gasteiger partial charge >= 0.3 is 0 Å². The topological polar surface area (TPSA) is 70.8 Å². The van der Waals surface area contributed by atoms with Gasteiger partial charge in [-0.3, -0.25) is 14.4 Å². The van der Waals surface area contributed by atoms with Crippen LogP contribution in [0, 0.1) is 19.7 Å². The molecule has 0 fully saturated rings. The Labute approximate surface area is 235 Å². The molecule has 0 radical (unpaired) electrons. The van der Waals surface area contributed by atoms with E-state index in [1.165, 1.54) is 17.0 Å². The predicted octanol–water partition coefficient (Wildman–Crippen LogP) is 6.00. The molecule has 0 saturated carbocycles. The van der Waals surface area contributed by atoms with Crippen LogP contribution in [0.1, 0.15) is 43.9 Å². The van der Waals surface area contributed by atoms with E-state index in [9.17, 15) is 18.8 Å². The summed E-state index contributed by atoms with van der Waals surface area (Å²) in [6, 6.07) is 26.1. The molecule has 5 aromatic rings. The van der Waals surface area contributed by atoms with Crippen molar-refractivity contribution in [3.63, 3.8) is 0 Å². The molecule has 2 aliphatic rings. The minimum Gasteiger partial charge on any atom is -0.450 e. The van der Waals surface area contributed by atoms with Crippen LogP contribution in [0.3, 0.4) is 0 Å². The lowest BCUT2D eigenvalue weighted by molar-refractivity contribution is -0.126. The van der Waals surface area contributed by atoms with E-state index < -0.39 is 28.6 Å². The second-order valence-corrected chi connectivity index (χ2v) is 10.8. The van der Waals surface area contributed by atoms with Crippen LogP contribution in [-0.2, 0) is 23.4 Å². The van der Waals surface area contributed by atoms with Crippen LogP contribution in [0.15, 0.2) is 100 Å². The number of halogens is 1. The Balaban J connectivity index is 1.51. The fraction of sp³-hybridized carbons (Fsp3) is 0.147. The highest BCUT2D eigenvalue weighted by Gasteiger charge is 2.65. The normalized spacial score (nSPS) is 17.5. The number of hydrogen-bond acceptors (Lipinski definition) is 4. The van der Waals surface area contributed by atoms with Crippen molar-refractivity contribution in [1.29, 1.82) is 0 Å². The number of hydrogen-bond donors (Lipinski definition) is 0. The first-order chi connectivity index (χ1) is 19.8. The maximum Gasteiger partial charge on any atom is 0.291 e. The molecule has 0 bridgehead atoms. The quantitative estimate of drug-likeness (QED) is 0.279. The number of rotatable bonds is 4. The van der Waals surface area contributed by atoms with Gasteiger partial charge in [-0.25, -0.2) is 4.39 Å². The third-order valence-electron chi connectivity index (χ3n) is 8.07. The molecule has 41 heavy (non-hydrogen) atoms. The number of nitrogens with zero attached hydrogens (tertiary/aromatic N) is 2. The molecule has 1 aromatic heterocycles. The molecule has 1 atom stereocenters. The molecule has 2 amide bonds. The summed E-state index contributed by atoms with van der Waals surface area (Å²) in [6.07, 6.45) is 0. The molecule has 1 unspecified atom stereocenters. The number of benzene rings is 4. The monoisotopic (exact) mass is 544 g/mol. The molecule has 2 aliphatic heterocycles. The van der Waals surface area contributed by atoms with Gasteiger partial charge in [0.2, 0.25) is 5.76 Å². The van der Waals surface area contributed by atoms with E-state index in [1.54, 1.807) is 41.3 Å². The number of para-hydroxylation sites is 1. The van der Waals surface area contributed by atoms with Crippen LogP contribution in [0.4, 0.5) is 10.1 Å². The highest BCUT2D eigenvalue weighted by Crippen LogP contribution is 2.53. The fourth-order valence-corrected chi connectivity index (χ4v) is 6.25. The van der Waals surface area contributed by atoms with Crippen LogP contribution < -0.4 is 10.3 Å². The Hall–Kier alpha value is -5.04. The number of carbonyl (C=O) groups is 2. The number of anilines is 1. The SMILES string of the molecule is Cc1cccc(CN2C(=O)C3(c4ccccc42)c2c(oc4ccc(C)cc4c2=O)C(=O)N3Cc2ccc(F)cc2)c1. The first-order valence-corrected chi connectivity index (χ1v) is 13.4. The third-order valence-corrected chi connectivity index (χ3v) is 8.07. The van der Waals surface area contributed by atoms with Gasteiger partial charge in [0, 0.05) is 12.1 Å². The van der Waals surface area contributed by atoms with Gasteiger partial charge in [0.05, 0.1) is 23.2 Å². The second-order valence-electron chi connectivity index (χ2n) is 10.8. The van der Waals surface area contributed by atoms with Crippen molar-refractivity contribution in [3.8, 4) is 0 Å². The van der Waals surface area contributed by atoms with Crippen molar-refractivity contribution in [2.24, 2.45) is 0 Å². The largest absolute Gasteiger partial charge is 0.450 e. The molecule has 1 spiro atoms. The summed E-state index contributed by atoms with van der Waals surface area (Å²) in [6.45, 7) is 4.08. The van der Waals surface area contributed by atoms with Gasteiger partial charge in [-0.15, -0.1) is 0 Å². The molecule has 4 aromatic carbocycles. The minimum absolute atomic E-state index is 0.0203. The van der Waals surface area contributed by atoms with Crippen LogP contribution >= 0.6 is 0 Å². The van der Waals surface area contributed by atoms with Crippen molar-refractivity contribution in [2.45, 2.75) is 32.5 Å². The number of aryl methyl sites for hydroxylation is 2. The number of amides is 2. The van der Waals surface area contributed by atoms with Gasteiger partial charge in [0.15, 0.2) is 11.0 Å². The van der Waals surface area contributed by atoms with Gasteiger partial charge in [0.1, 0.15) is 11.4 Å². The fourth-order valence-electron chi connectivity index (χ4n) is 6.25. The zero-order valence-corrected chi connectivity index (χ0v) is 22.5. The van der Waals surface area contributed by atoms with Gasteiger partial charge in [-0.1, -0.05) is 71.8 Å². The smallest absolute Gasteiger partial charge is 0.291 e. The van der Waals surface area contributed by atoms with E-state index in [2.05, 4.69) is 0 Å². The lowest BCUT2D eigenvalue weighted by atomic mass is 9.83. The standard InChI is InChI=1S/C34H25FN2O4/c1-20-6-5-7-23(16-20)18-36-27-9-4-3-8-26(27)34(33(36)40)29-30(38)25-17-21(2)10-15-28(25)41-31(29)32(39)37(34)19-22-11-13-24(35)14-12-22/h3-17H,18-19H2,1-2H3. The number of fused-ring (bicyclic) bond motifs is 5. The molecule has 3 heterocycles. The van der Waals surface area contributed by atoms with Crippen molar-refractivity contribution in [1.82, 2.24) is 4.90 Å². The predicted molar refractivity (Wildman–Crippen MR) is 153 cm³/mol. The number of carbonyl (C=O) groups excluding carboxylic acids is 2. The molecular weight excluding hydrogens is 519 g/mol. The Morgan fingerprint density at radius 2 is 1.54 bits per heavy atom. The van der Waals surface area contributed by atoms with Crippen LogP contribution in [0.5, 0.6) is 0 Å². The van der Waals surface area contributed by atoms with E-state index in [-0.39, 0.29) is 30.0 Å². The van der Waals surface area contributed by atoms with E-state index in [0.29, 0.717) is 22.2 Å². The lowest BCUT2D eigenvalue weighted by Gasteiger charge is -2.34. The summed E-state index contributed by atoms with van der Waals surface area (Å²) >= 11 is 0. The van der Waals surface area contributed by atoms with E-state index >= 15 is 0 Å². The maximum atomic E-state index is 14.9. The van der Waals surface area contributed by atoms with E-state index in [1.807, 2.05) is 56.3 Å². The van der Waals surface area contributed by atoms with Gasteiger partial charge < -0.3 is 14.2 Å². The Kier molecular flexibility index (Phi) is 5.47. The molecule has 202 valence electrons. The van der Waals surface area contributed by atoms with Crippen molar-refractivity contribution < 1.29 is 18.4 Å². The van der Waals surface area contributed by atoms with E-state index in [4.69, 9.17) is 4.42 Å². The molecule has 0 N–H and O–H groups in total. The van der Waals surface area contributed by atoms with Crippen LogP contribution in [0.25, 0.3) is 11.0 Å². The molecule has 0 saturated heterocycles. The van der Waals surface area contributed by atoms with Gasteiger partial charge in [-0.05, 0) is 55.3 Å². The Morgan fingerprint density at radius 3 is 2.32 bits per heavy atom. The van der Waals surface area contributed by atoms with Gasteiger partial charge in [0.25, 0.3) is 11.8 Å². The van der Waals surface area contributed by atoms with Gasteiger partial charge in [-0.2, -0.15) is 0 Å². The highest BCUT2D eigenvalue weighted by atomic mass is 19.1. The lowest BCUT2D eigenvalue weighted by Crippen LogP contribution is -2.52. The Bertz CT molecular complexity index is 1960. The summed E-state index contributed by atoms with van der Waals surface area (Å²) in [5.74, 6) is -1.53. The van der Waals surface area contributed by atoms with Crippen molar-refractivity contribution in [2.75, 3.05) is 4.90 Å². The minimum atomic E-state index is -1.75. The molecule has 6 nitrogen and oxygen atoms in total. The highest BCUT2D eigenvalue weighted by molar-refractivity contribution is 6.17. The summed E-state index contributed by atoms with van der Waals surface area (Å²) in [5.41, 5.74) is 2.72. The second kappa shape index (κ2) is 8.99. The first kappa shape index (κ1) is 25.0. The van der Waals surface area contributed by atoms with Crippen LogP contribution in [-0.4, -0.2) is 16.7 Å². The van der Waals surface area contributed by atoms with Crippen molar-refractivity contribution in [3.05, 3.63) is 146 Å². The average molecular weight is 545 g/mol. The summed E-state index contributed by atoms with van der Waals surface area (Å²) < 4.78 is 19.9. The summed E-state index contributed by atoms with van der Waals surface area (Å²) in [5, 5.41) is 0.307. The molecule has 7 rings (SSSR count). The Morgan fingerprint density at radius 1 is 0.780 bits per heavy atom. The zero-order chi connectivity index (χ0) is 28.5. The van der Waals surface area contributed by atoms with Crippen LogP contribution in [0.2, 0.25) is 0 Å². The third kappa shape index (κ3) is 3.58. The average Bonchev–Trinajstić information content (AvgIpc) is 3.35. The molecular formula is C34H25FN2O4.